The number of pyridine rings is 1. The molecule has 10 heteroatoms. The van der Waals surface area contributed by atoms with E-state index in [0.717, 1.165) is 12.1 Å². The van der Waals surface area contributed by atoms with Crippen LogP contribution < -0.4 is 16.2 Å². The fraction of sp³-hybridized carbons (Fsp3) is 0.182. The molecule has 3 aromatic rings. The van der Waals surface area contributed by atoms with Crippen molar-refractivity contribution < 1.29 is 28.3 Å². The number of halogens is 2. The van der Waals surface area contributed by atoms with Crippen LogP contribution in [0.25, 0.3) is 10.8 Å². The number of aromatic amines is 1. The summed E-state index contributed by atoms with van der Waals surface area (Å²) in [7, 11) is 0. The Balaban J connectivity index is 1.86. The summed E-state index contributed by atoms with van der Waals surface area (Å²) in [4.78, 5) is 49.6. The Hall–Kier alpha value is -4.08. The summed E-state index contributed by atoms with van der Waals surface area (Å²) in [5, 5.41) is 13.5. The van der Waals surface area contributed by atoms with Crippen molar-refractivity contribution in [2.75, 3.05) is 6.54 Å². The molecule has 0 saturated heterocycles. The van der Waals surface area contributed by atoms with E-state index in [1.807, 2.05) is 5.32 Å². The highest BCUT2D eigenvalue weighted by Crippen LogP contribution is 2.25. The van der Waals surface area contributed by atoms with E-state index in [1.54, 1.807) is 0 Å². The number of carbonyl (C=O) groups is 3. The minimum Gasteiger partial charge on any atom is -0.465 e. The van der Waals surface area contributed by atoms with Gasteiger partial charge in [0.05, 0.1) is 11.6 Å². The second-order valence-electron chi connectivity index (χ2n) is 7.03. The first-order valence-electron chi connectivity index (χ1n) is 9.59. The first-order chi connectivity index (χ1) is 15.2. The molecule has 2 aromatic carbocycles. The Morgan fingerprint density at radius 3 is 2.44 bits per heavy atom. The smallest absolute Gasteiger partial charge is 0.404 e. The van der Waals surface area contributed by atoms with Crippen LogP contribution >= 0.6 is 0 Å². The molecule has 1 aromatic heterocycles. The van der Waals surface area contributed by atoms with E-state index in [0.29, 0.717) is 0 Å². The first-order valence-corrected chi connectivity index (χ1v) is 9.59. The third-order valence-corrected chi connectivity index (χ3v) is 4.86. The quantitative estimate of drug-likeness (QED) is 0.418. The molecule has 0 radical (unpaired) electrons. The fourth-order valence-electron chi connectivity index (χ4n) is 3.29. The normalized spacial score (nSPS) is 11.7. The Morgan fingerprint density at radius 2 is 1.78 bits per heavy atom. The number of nitrogens with one attached hydrogen (secondary N) is 3. The minimum atomic E-state index is -1.27. The van der Waals surface area contributed by atoms with Crippen LogP contribution in [0.4, 0.5) is 13.6 Å². The van der Waals surface area contributed by atoms with Crippen molar-refractivity contribution in [2.45, 2.75) is 19.4 Å². The maximum Gasteiger partial charge on any atom is 0.404 e. The number of hydrogen-bond acceptors (Lipinski definition) is 4. The first kappa shape index (κ1) is 22.6. The zero-order valence-electron chi connectivity index (χ0n) is 16.9. The van der Waals surface area contributed by atoms with Gasteiger partial charge in [0, 0.05) is 30.1 Å². The van der Waals surface area contributed by atoms with Crippen LogP contribution in [0.3, 0.4) is 0 Å². The summed E-state index contributed by atoms with van der Waals surface area (Å²) in [6, 6.07) is 6.92. The van der Waals surface area contributed by atoms with E-state index in [4.69, 9.17) is 5.11 Å². The number of benzene rings is 2. The summed E-state index contributed by atoms with van der Waals surface area (Å²) in [5.41, 5.74) is -1.14. The van der Waals surface area contributed by atoms with E-state index in [-0.39, 0.29) is 34.9 Å². The molecule has 32 heavy (non-hydrogen) atoms. The fourth-order valence-corrected chi connectivity index (χ4v) is 3.29. The van der Waals surface area contributed by atoms with Crippen LogP contribution in [0.15, 0.2) is 47.4 Å². The molecule has 1 heterocycles. The Morgan fingerprint density at radius 1 is 1.09 bits per heavy atom. The maximum absolute atomic E-state index is 14.8. The van der Waals surface area contributed by atoms with Crippen LogP contribution in [-0.4, -0.2) is 34.4 Å². The second-order valence-corrected chi connectivity index (χ2v) is 7.03. The molecule has 0 aliphatic heterocycles. The largest absolute Gasteiger partial charge is 0.465 e. The Labute approximate surface area is 180 Å². The van der Waals surface area contributed by atoms with E-state index in [9.17, 15) is 28.0 Å². The van der Waals surface area contributed by atoms with Crippen molar-refractivity contribution in [1.29, 1.82) is 0 Å². The van der Waals surface area contributed by atoms with E-state index in [1.165, 1.54) is 37.4 Å². The lowest BCUT2D eigenvalue weighted by atomic mass is 9.95. The predicted octanol–water partition coefficient (Wildman–Crippen LogP) is 2.87. The molecule has 3 rings (SSSR count). The number of amides is 2. The zero-order valence-corrected chi connectivity index (χ0v) is 16.9. The molecule has 4 N–H and O–H groups in total. The molecule has 2 amide bonds. The van der Waals surface area contributed by atoms with Crippen molar-refractivity contribution in [1.82, 2.24) is 15.6 Å². The van der Waals surface area contributed by atoms with Gasteiger partial charge in [0.1, 0.15) is 11.6 Å². The average Bonchev–Trinajstić information content (AvgIpc) is 2.72. The lowest BCUT2D eigenvalue weighted by Crippen LogP contribution is -2.31. The molecular weight excluding hydrogens is 424 g/mol. The van der Waals surface area contributed by atoms with Crippen molar-refractivity contribution in [3.8, 4) is 0 Å². The van der Waals surface area contributed by atoms with Crippen LogP contribution in [-0.2, 0) is 4.79 Å². The summed E-state index contributed by atoms with van der Waals surface area (Å²) >= 11 is 0. The average molecular weight is 443 g/mol. The van der Waals surface area contributed by atoms with Gasteiger partial charge in [-0.2, -0.15) is 0 Å². The third kappa shape index (κ3) is 4.80. The molecule has 0 spiro atoms. The molecular formula is C22H19F2N3O5. The molecule has 0 fully saturated rings. The highest BCUT2D eigenvalue weighted by Gasteiger charge is 2.23. The number of hydrogen-bond donors (Lipinski definition) is 4. The van der Waals surface area contributed by atoms with Crippen LogP contribution in [0.5, 0.6) is 0 Å². The van der Waals surface area contributed by atoms with Gasteiger partial charge < -0.3 is 20.7 Å². The molecule has 1 atom stereocenters. The molecule has 0 bridgehead atoms. The third-order valence-electron chi connectivity index (χ3n) is 4.86. The molecule has 0 aliphatic rings. The van der Waals surface area contributed by atoms with Gasteiger partial charge >= 0.3 is 6.09 Å². The molecule has 0 saturated carbocycles. The predicted molar refractivity (Wildman–Crippen MR) is 112 cm³/mol. The van der Waals surface area contributed by atoms with Crippen LogP contribution in [0.2, 0.25) is 0 Å². The lowest BCUT2D eigenvalue weighted by Gasteiger charge is -2.16. The topological polar surface area (TPSA) is 128 Å². The van der Waals surface area contributed by atoms with Crippen molar-refractivity contribution in [2.24, 2.45) is 0 Å². The summed E-state index contributed by atoms with van der Waals surface area (Å²) < 4.78 is 29.6. The van der Waals surface area contributed by atoms with Crippen LogP contribution in [0, 0.1) is 11.6 Å². The van der Waals surface area contributed by atoms with E-state index < -0.39 is 46.6 Å². The Kier molecular flexibility index (Phi) is 6.62. The van der Waals surface area contributed by atoms with Gasteiger partial charge in [0.25, 0.3) is 5.56 Å². The van der Waals surface area contributed by atoms with Gasteiger partial charge in [0.2, 0.25) is 5.91 Å². The highest BCUT2D eigenvalue weighted by molar-refractivity contribution is 6.16. The molecule has 0 aliphatic carbocycles. The summed E-state index contributed by atoms with van der Waals surface area (Å²) in [5.74, 6) is -3.66. The number of carbonyl (C=O) groups excluding carboxylic acids is 2. The molecule has 8 nitrogen and oxygen atoms in total. The number of rotatable bonds is 7. The van der Waals surface area contributed by atoms with Gasteiger partial charge in [0.15, 0.2) is 5.78 Å². The molecule has 166 valence electrons. The van der Waals surface area contributed by atoms with Crippen molar-refractivity contribution in [3.63, 3.8) is 0 Å². The van der Waals surface area contributed by atoms with Gasteiger partial charge in [-0.3, -0.25) is 14.4 Å². The van der Waals surface area contributed by atoms with Crippen LogP contribution in [0.1, 0.15) is 40.9 Å². The monoisotopic (exact) mass is 443 g/mol. The number of H-pyrrole nitrogens is 1. The van der Waals surface area contributed by atoms with E-state index >= 15 is 0 Å². The highest BCUT2D eigenvalue weighted by atomic mass is 19.1. The minimum absolute atomic E-state index is 0.0218. The Bertz CT molecular complexity index is 1250. The van der Waals surface area contributed by atoms with Gasteiger partial charge in [-0.1, -0.05) is 12.1 Å². The van der Waals surface area contributed by atoms with Gasteiger partial charge in [-0.05, 0) is 42.1 Å². The number of aromatic nitrogens is 1. The molecule has 1 unspecified atom stereocenters. The number of ketones is 1. The standard InChI is InChI=1S/C22H19F2N3O5/c1-11(27-18(28)6-8-26-22(31)32)12-9-16(23)19(17(24)10-12)20(29)14-3-2-4-15-13(14)5-7-25-21(15)30/h2-5,7,9-11,26H,6,8H2,1H3,(H,25,30)(H,27,28)(H,31,32). The van der Waals surface area contributed by atoms with Crippen molar-refractivity contribution in [3.05, 3.63) is 81.3 Å². The van der Waals surface area contributed by atoms with E-state index in [2.05, 4.69) is 10.3 Å². The number of fused-ring (bicyclic) bond motifs is 1. The summed E-state index contributed by atoms with van der Waals surface area (Å²) in [6.07, 6.45) is -0.0857. The van der Waals surface area contributed by atoms with Gasteiger partial charge in [-0.15, -0.1) is 0 Å². The second kappa shape index (κ2) is 9.38. The maximum atomic E-state index is 14.8. The van der Waals surface area contributed by atoms with Gasteiger partial charge in [-0.25, -0.2) is 13.6 Å². The summed E-state index contributed by atoms with van der Waals surface area (Å²) in [6.45, 7) is 1.38. The lowest BCUT2D eigenvalue weighted by molar-refractivity contribution is -0.121. The van der Waals surface area contributed by atoms with Crippen molar-refractivity contribution >= 4 is 28.6 Å². The zero-order chi connectivity index (χ0) is 23.4. The SMILES string of the molecule is CC(NC(=O)CCNC(=O)O)c1cc(F)c(C(=O)c2cccc3c(=O)[nH]ccc23)c(F)c1. The number of carboxylic acid groups (broad SMARTS) is 1.